The Morgan fingerprint density at radius 3 is 3.05 bits per heavy atom. The highest BCUT2D eigenvalue weighted by atomic mass is 16.4. The molecule has 1 aromatic carbocycles. The number of aromatic nitrogens is 4. The van der Waals surface area contributed by atoms with Crippen molar-refractivity contribution in [2.24, 2.45) is 0 Å². The zero-order valence-corrected chi connectivity index (χ0v) is 10.6. The average molecular weight is 269 g/mol. The third kappa shape index (κ3) is 2.16. The number of hydrogen-bond acceptors (Lipinski definition) is 5. The number of nitrogens with zero attached hydrogens (tertiary/aromatic N) is 3. The van der Waals surface area contributed by atoms with Gasteiger partial charge in [-0.05, 0) is 25.1 Å². The summed E-state index contributed by atoms with van der Waals surface area (Å²) in [5, 5.41) is 12.1. The number of carbonyl (C=O) groups is 1. The molecule has 20 heavy (non-hydrogen) atoms. The first-order valence-corrected chi connectivity index (χ1v) is 5.90. The number of imidazole rings is 1. The first-order valence-electron chi connectivity index (χ1n) is 5.90. The molecule has 3 aromatic rings. The SMILES string of the molecule is Cc1nc2ccc(Nc3ncncc3C(=O)O)cc2[nH]1. The van der Waals surface area contributed by atoms with Crippen molar-refractivity contribution in [1.29, 1.82) is 0 Å². The lowest BCUT2D eigenvalue weighted by molar-refractivity contribution is 0.0697. The van der Waals surface area contributed by atoms with E-state index in [1.807, 2.05) is 25.1 Å². The number of carboxylic acid groups (broad SMARTS) is 1. The summed E-state index contributed by atoms with van der Waals surface area (Å²) in [5.41, 5.74) is 2.48. The summed E-state index contributed by atoms with van der Waals surface area (Å²) in [6.45, 7) is 1.88. The first-order chi connectivity index (χ1) is 9.63. The molecule has 0 unspecified atom stereocenters. The Kier molecular flexibility index (Phi) is 2.79. The second-order valence-electron chi connectivity index (χ2n) is 4.27. The molecule has 100 valence electrons. The highest BCUT2D eigenvalue weighted by Gasteiger charge is 2.11. The number of benzene rings is 1. The second kappa shape index (κ2) is 4.61. The number of aryl methyl sites for hydroxylation is 1. The average Bonchev–Trinajstić information content (AvgIpc) is 2.78. The van der Waals surface area contributed by atoms with E-state index in [1.54, 1.807) is 0 Å². The predicted molar refractivity (Wildman–Crippen MR) is 73.1 cm³/mol. The van der Waals surface area contributed by atoms with Crippen molar-refractivity contribution >= 4 is 28.5 Å². The van der Waals surface area contributed by atoms with Gasteiger partial charge in [0.2, 0.25) is 0 Å². The van der Waals surface area contributed by atoms with Gasteiger partial charge in [0.25, 0.3) is 0 Å². The maximum Gasteiger partial charge on any atom is 0.341 e. The standard InChI is InChI=1S/C13H11N5O2/c1-7-16-10-3-2-8(4-11(10)17-7)18-12-9(13(19)20)5-14-6-15-12/h2-6H,1H3,(H,16,17)(H,19,20)(H,14,15,18). The molecular weight excluding hydrogens is 258 g/mol. The van der Waals surface area contributed by atoms with Crippen molar-refractivity contribution in [2.75, 3.05) is 5.32 Å². The van der Waals surface area contributed by atoms with E-state index in [-0.39, 0.29) is 11.4 Å². The molecule has 2 heterocycles. The number of H-pyrrole nitrogens is 1. The van der Waals surface area contributed by atoms with Crippen molar-refractivity contribution in [1.82, 2.24) is 19.9 Å². The van der Waals surface area contributed by atoms with Gasteiger partial charge in [-0.3, -0.25) is 0 Å². The molecule has 3 N–H and O–H groups in total. The Hall–Kier alpha value is -2.96. The number of aromatic carboxylic acids is 1. The molecule has 0 aliphatic heterocycles. The number of anilines is 2. The summed E-state index contributed by atoms with van der Waals surface area (Å²) in [6, 6.07) is 5.52. The molecule has 0 saturated heterocycles. The highest BCUT2D eigenvalue weighted by Crippen LogP contribution is 2.21. The van der Waals surface area contributed by atoms with Crippen LogP contribution in [0, 0.1) is 6.92 Å². The molecule has 2 aromatic heterocycles. The minimum Gasteiger partial charge on any atom is -0.477 e. The van der Waals surface area contributed by atoms with Gasteiger partial charge in [-0.25, -0.2) is 19.7 Å². The van der Waals surface area contributed by atoms with Crippen molar-refractivity contribution in [3.05, 3.63) is 42.1 Å². The van der Waals surface area contributed by atoms with Gasteiger partial charge in [-0.2, -0.15) is 0 Å². The van der Waals surface area contributed by atoms with E-state index in [0.29, 0.717) is 0 Å². The van der Waals surface area contributed by atoms with Crippen LogP contribution in [0.1, 0.15) is 16.2 Å². The number of carboxylic acids is 1. The molecule has 7 heteroatoms. The minimum atomic E-state index is -1.08. The summed E-state index contributed by atoms with van der Waals surface area (Å²) in [7, 11) is 0. The molecule has 0 aliphatic carbocycles. The number of rotatable bonds is 3. The van der Waals surface area contributed by atoms with Crippen molar-refractivity contribution in [3.63, 3.8) is 0 Å². The third-order valence-electron chi connectivity index (χ3n) is 2.81. The van der Waals surface area contributed by atoms with E-state index in [4.69, 9.17) is 5.11 Å². The summed E-state index contributed by atoms with van der Waals surface area (Å²) in [6.07, 6.45) is 2.56. The Morgan fingerprint density at radius 2 is 2.25 bits per heavy atom. The van der Waals surface area contributed by atoms with Gasteiger partial charge in [0, 0.05) is 11.9 Å². The topological polar surface area (TPSA) is 104 Å². The molecule has 0 spiro atoms. The monoisotopic (exact) mass is 269 g/mol. The summed E-state index contributed by atoms with van der Waals surface area (Å²) in [5.74, 6) is 0.0000566. The van der Waals surface area contributed by atoms with Crippen LogP contribution >= 0.6 is 0 Å². The molecule has 0 amide bonds. The normalized spacial score (nSPS) is 10.7. The van der Waals surface area contributed by atoms with Gasteiger partial charge in [-0.1, -0.05) is 0 Å². The molecule has 0 fully saturated rings. The fourth-order valence-electron chi connectivity index (χ4n) is 1.94. The maximum absolute atomic E-state index is 11.1. The summed E-state index contributed by atoms with van der Waals surface area (Å²) in [4.78, 5) is 26.2. The number of hydrogen-bond donors (Lipinski definition) is 3. The van der Waals surface area contributed by atoms with Crippen LogP contribution in [-0.4, -0.2) is 31.0 Å². The highest BCUT2D eigenvalue weighted by molar-refractivity contribution is 5.93. The Bertz CT molecular complexity index is 796. The maximum atomic E-state index is 11.1. The van der Waals surface area contributed by atoms with Crippen LogP contribution in [0.3, 0.4) is 0 Å². The van der Waals surface area contributed by atoms with Crippen molar-refractivity contribution < 1.29 is 9.90 Å². The molecule has 7 nitrogen and oxygen atoms in total. The van der Waals surface area contributed by atoms with Gasteiger partial charge in [-0.15, -0.1) is 0 Å². The lowest BCUT2D eigenvalue weighted by Crippen LogP contribution is -2.05. The number of aromatic amines is 1. The van der Waals surface area contributed by atoms with E-state index >= 15 is 0 Å². The fraction of sp³-hybridized carbons (Fsp3) is 0.0769. The van der Waals surface area contributed by atoms with Crippen LogP contribution in [0.2, 0.25) is 0 Å². The van der Waals surface area contributed by atoms with E-state index in [2.05, 4.69) is 25.3 Å². The van der Waals surface area contributed by atoms with Crippen molar-refractivity contribution in [2.45, 2.75) is 6.92 Å². The lowest BCUT2D eigenvalue weighted by atomic mass is 10.2. The molecule has 0 radical (unpaired) electrons. The molecule has 3 rings (SSSR count). The largest absolute Gasteiger partial charge is 0.477 e. The van der Waals surface area contributed by atoms with Crippen LogP contribution in [-0.2, 0) is 0 Å². The third-order valence-corrected chi connectivity index (χ3v) is 2.81. The number of fused-ring (bicyclic) bond motifs is 1. The van der Waals surface area contributed by atoms with E-state index in [9.17, 15) is 4.79 Å². The zero-order valence-electron chi connectivity index (χ0n) is 10.6. The van der Waals surface area contributed by atoms with Crippen LogP contribution in [0.25, 0.3) is 11.0 Å². The molecule has 0 aliphatic rings. The summed E-state index contributed by atoms with van der Waals surface area (Å²) < 4.78 is 0. The summed E-state index contributed by atoms with van der Waals surface area (Å²) >= 11 is 0. The smallest absolute Gasteiger partial charge is 0.341 e. The van der Waals surface area contributed by atoms with E-state index in [0.717, 1.165) is 22.5 Å². The van der Waals surface area contributed by atoms with Crippen molar-refractivity contribution in [3.8, 4) is 0 Å². The van der Waals surface area contributed by atoms with Gasteiger partial charge in [0.05, 0.1) is 11.0 Å². The van der Waals surface area contributed by atoms with Crippen LogP contribution < -0.4 is 5.32 Å². The molecular formula is C13H11N5O2. The second-order valence-corrected chi connectivity index (χ2v) is 4.27. The van der Waals surface area contributed by atoms with E-state index < -0.39 is 5.97 Å². The molecule has 0 atom stereocenters. The lowest BCUT2D eigenvalue weighted by Gasteiger charge is -2.07. The van der Waals surface area contributed by atoms with Crippen LogP contribution in [0.4, 0.5) is 11.5 Å². The zero-order chi connectivity index (χ0) is 14.1. The number of nitrogens with one attached hydrogen (secondary N) is 2. The Balaban J connectivity index is 1.98. The molecule has 0 saturated carbocycles. The fourth-order valence-corrected chi connectivity index (χ4v) is 1.94. The minimum absolute atomic E-state index is 0.0217. The van der Waals surface area contributed by atoms with Gasteiger partial charge < -0.3 is 15.4 Å². The van der Waals surface area contributed by atoms with Crippen LogP contribution in [0.15, 0.2) is 30.7 Å². The quantitative estimate of drug-likeness (QED) is 0.672. The molecule has 0 bridgehead atoms. The van der Waals surface area contributed by atoms with Gasteiger partial charge >= 0.3 is 5.97 Å². The first kappa shape index (κ1) is 12.1. The Labute approximate surface area is 113 Å². The van der Waals surface area contributed by atoms with Gasteiger partial charge in [0.1, 0.15) is 23.5 Å². The Morgan fingerprint density at radius 1 is 1.40 bits per heavy atom. The van der Waals surface area contributed by atoms with Crippen LogP contribution in [0.5, 0.6) is 0 Å². The van der Waals surface area contributed by atoms with E-state index in [1.165, 1.54) is 12.5 Å². The van der Waals surface area contributed by atoms with Gasteiger partial charge in [0.15, 0.2) is 0 Å². The predicted octanol–water partition coefficient (Wildman–Crippen LogP) is 2.10.